The van der Waals surface area contributed by atoms with Crippen LogP contribution in [0.25, 0.3) is 0 Å². The van der Waals surface area contributed by atoms with E-state index >= 15 is 0 Å². The van der Waals surface area contributed by atoms with Crippen molar-refractivity contribution in [1.29, 1.82) is 5.26 Å². The first-order chi connectivity index (χ1) is 18.7. The topological polar surface area (TPSA) is 143 Å². The van der Waals surface area contributed by atoms with Gasteiger partial charge < -0.3 is 15.2 Å². The number of hydrogen-bond acceptors (Lipinski definition) is 9. The van der Waals surface area contributed by atoms with Crippen LogP contribution < -0.4 is 10.6 Å². The molecule has 10 nitrogen and oxygen atoms in total. The normalized spacial score (nSPS) is 15.8. The van der Waals surface area contributed by atoms with Gasteiger partial charge in [0.1, 0.15) is 11.5 Å². The van der Waals surface area contributed by atoms with Crippen molar-refractivity contribution in [3.63, 3.8) is 0 Å². The van der Waals surface area contributed by atoms with Crippen molar-refractivity contribution in [2.24, 2.45) is 5.73 Å². The number of anilines is 1. The Labute approximate surface area is 229 Å². The third kappa shape index (κ3) is 5.67. The van der Waals surface area contributed by atoms with Gasteiger partial charge in [-0.25, -0.2) is 18.0 Å². The van der Waals surface area contributed by atoms with Gasteiger partial charge in [-0.3, -0.25) is 4.90 Å². The number of carbonyl (C=O) groups excluding carboxylic acids is 2. The van der Waals surface area contributed by atoms with Crippen molar-refractivity contribution in [2.75, 3.05) is 32.2 Å². The summed E-state index contributed by atoms with van der Waals surface area (Å²) in [6.07, 6.45) is 1.32. The Hall–Kier alpha value is -4.14. The van der Waals surface area contributed by atoms with Gasteiger partial charge in [0.25, 0.3) is 0 Å². The molecule has 1 aliphatic rings. The van der Waals surface area contributed by atoms with Crippen molar-refractivity contribution < 1.29 is 27.5 Å². The molecule has 1 atom stereocenters. The number of esters is 2. The summed E-state index contributed by atoms with van der Waals surface area (Å²) in [5.74, 6) is -2.83. The van der Waals surface area contributed by atoms with Crippen LogP contribution in [0, 0.1) is 11.3 Å². The Kier molecular flexibility index (Phi) is 9.51. The number of nitriles is 1. The molecule has 0 fully saturated rings. The minimum Gasteiger partial charge on any atom is -0.466 e. The zero-order chi connectivity index (χ0) is 28.7. The molecule has 1 heterocycles. The van der Waals surface area contributed by atoms with E-state index in [1.165, 1.54) is 40.6 Å². The van der Waals surface area contributed by atoms with Crippen molar-refractivity contribution in [2.45, 2.75) is 37.5 Å². The van der Waals surface area contributed by atoms with Gasteiger partial charge in [0.15, 0.2) is 0 Å². The molecular formula is C28H32N4O6S. The molecule has 0 saturated carbocycles. The number of allylic oxidation sites excluding steroid dienone is 1. The number of nitrogens with two attached hydrogens (primary N) is 1. The molecule has 206 valence electrons. The second-order valence-electron chi connectivity index (χ2n) is 8.73. The molecule has 0 aliphatic carbocycles. The van der Waals surface area contributed by atoms with E-state index in [1.54, 1.807) is 30.3 Å². The first kappa shape index (κ1) is 29.4. The maximum Gasteiger partial charge on any atom is 0.355 e. The molecule has 2 aromatic carbocycles. The van der Waals surface area contributed by atoms with Crippen LogP contribution in [0.2, 0.25) is 0 Å². The Morgan fingerprint density at radius 3 is 2.03 bits per heavy atom. The molecule has 3 rings (SSSR count). The highest BCUT2D eigenvalue weighted by Gasteiger charge is 2.43. The Balaban J connectivity index is 2.25. The Morgan fingerprint density at radius 2 is 1.54 bits per heavy atom. The minimum atomic E-state index is -3.77. The second kappa shape index (κ2) is 12.6. The molecule has 0 spiro atoms. The van der Waals surface area contributed by atoms with Crippen molar-refractivity contribution in [3.05, 3.63) is 82.8 Å². The quantitative estimate of drug-likeness (QED) is 0.439. The predicted molar refractivity (Wildman–Crippen MR) is 145 cm³/mol. The maximum absolute atomic E-state index is 13.3. The summed E-state index contributed by atoms with van der Waals surface area (Å²) in [5.41, 5.74) is 6.95. The van der Waals surface area contributed by atoms with E-state index in [9.17, 15) is 23.3 Å². The summed E-state index contributed by atoms with van der Waals surface area (Å²) >= 11 is 0. The zero-order valence-corrected chi connectivity index (χ0v) is 23.2. The average molecular weight is 553 g/mol. The SMILES string of the molecule is CCCN(CCC)S(=O)(=O)c1ccc(N2C(N)=C(C#N)C(c3ccccc3)C(C(=O)OC)=C2C(=O)OC)cc1. The molecule has 0 bridgehead atoms. The monoisotopic (exact) mass is 552 g/mol. The lowest BCUT2D eigenvalue weighted by Crippen LogP contribution is -2.40. The Bertz CT molecular complexity index is 1420. The highest BCUT2D eigenvalue weighted by Crippen LogP contribution is 2.43. The number of methoxy groups -OCH3 is 2. The minimum absolute atomic E-state index is 0.0167. The summed E-state index contributed by atoms with van der Waals surface area (Å²) in [4.78, 5) is 27.6. The standard InChI is InChI=1S/C28H32N4O6S/c1-5-16-31(17-6-2)39(35,36)21-14-12-20(13-15-21)32-25(28(34)38-4)24(27(33)37-3)23(22(18-29)26(32)30)19-10-8-7-9-11-19/h7-15,23H,5-6,16-17,30H2,1-4H3. The number of nitrogens with zero attached hydrogens (tertiary/aromatic N) is 3. The van der Waals surface area contributed by atoms with E-state index in [0.29, 0.717) is 31.5 Å². The summed E-state index contributed by atoms with van der Waals surface area (Å²) in [7, 11) is -1.44. The van der Waals surface area contributed by atoms with Gasteiger partial charge in [-0.15, -0.1) is 0 Å². The zero-order valence-electron chi connectivity index (χ0n) is 22.4. The van der Waals surface area contributed by atoms with Crippen LogP contribution in [-0.4, -0.2) is 52.0 Å². The van der Waals surface area contributed by atoms with E-state index in [0.717, 1.165) is 7.11 Å². The molecule has 11 heteroatoms. The second-order valence-corrected chi connectivity index (χ2v) is 10.7. The van der Waals surface area contributed by atoms with Gasteiger partial charge in [-0.05, 0) is 42.7 Å². The first-order valence-electron chi connectivity index (χ1n) is 12.4. The molecule has 2 N–H and O–H groups in total. The molecule has 0 saturated heterocycles. The van der Waals surface area contributed by atoms with Crippen molar-refractivity contribution in [1.82, 2.24) is 4.31 Å². The fourth-order valence-corrected chi connectivity index (χ4v) is 6.17. The third-order valence-electron chi connectivity index (χ3n) is 6.29. The van der Waals surface area contributed by atoms with Crippen LogP contribution in [-0.2, 0) is 29.1 Å². The van der Waals surface area contributed by atoms with Gasteiger partial charge in [0.05, 0.1) is 42.2 Å². The lowest BCUT2D eigenvalue weighted by atomic mass is 9.81. The van der Waals surface area contributed by atoms with Crippen LogP contribution in [0.4, 0.5) is 5.69 Å². The van der Waals surface area contributed by atoms with Crippen molar-refractivity contribution in [3.8, 4) is 6.07 Å². The lowest BCUT2D eigenvalue weighted by Gasteiger charge is -2.36. The molecule has 1 unspecified atom stereocenters. The summed E-state index contributed by atoms with van der Waals surface area (Å²) in [5, 5.41) is 10.1. The number of carbonyl (C=O) groups is 2. The van der Waals surface area contributed by atoms with E-state index in [1.807, 2.05) is 13.8 Å². The van der Waals surface area contributed by atoms with Crippen LogP contribution >= 0.6 is 0 Å². The molecule has 2 aromatic rings. The fourth-order valence-electron chi connectivity index (χ4n) is 4.55. The number of ether oxygens (including phenoxy) is 2. The number of sulfonamides is 1. The lowest BCUT2D eigenvalue weighted by molar-refractivity contribution is -0.139. The largest absolute Gasteiger partial charge is 0.466 e. The van der Waals surface area contributed by atoms with Crippen molar-refractivity contribution >= 4 is 27.6 Å². The number of hydrogen-bond donors (Lipinski definition) is 1. The van der Waals surface area contributed by atoms with Gasteiger partial charge >= 0.3 is 11.9 Å². The number of rotatable bonds is 10. The van der Waals surface area contributed by atoms with Crippen LogP contribution in [0.15, 0.2) is 82.2 Å². The average Bonchev–Trinajstić information content (AvgIpc) is 2.96. The number of benzene rings is 2. The summed E-state index contributed by atoms with van der Waals surface area (Å²) in [6.45, 7) is 4.57. The van der Waals surface area contributed by atoms with E-state index in [4.69, 9.17) is 15.2 Å². The molecule has 39 heavy (non-hydrogen) atoms. The summed E-state index contributed by atoms with van der Waals surface area (Å²) in [6, 6.07) is 16.5. The smallest absolute Gasteiger partial charge is 0.355 e. The first-order valence-corrected chi connectivity index (χ1v) is 13.9. The van der Waals surface area contributed by atoms with Crippen LogP contribution in [0.3, 0.4) is 0 Å². The fraction of sp³-hybridized carbons (Fsp3) is 0.321. The van der Waals surface area contributed by atoms with Gasteiger partial charge in [-0.2, -0.15) is 9.57 Å². The van der Waals surface area contributed by atoms with Gasteiger partial charge in [-0.1, -0.05) is 44.2 Å². The van der Waals surface area contributed by atoms with E-state index in [-0.39, 0.29) is 33.2 Å². The van der Waals surface area contributed by atoms with E-state index in [2.05, 4.69) is 6.07 Å². The summed E-state index contributed by atoms with van der Waals surface area (Å²) < 4.78 is 38.0. The van der Waals surface area contributed by atoms with Gasteiger partial charge in [0, 0.05) is 18.8 Å². The third-order valence-corrected chi connectivity index (χ3v) is 8.20. The highest BCUT2D eigenvalue weighted by atomic mass is 32.2. The predicted octanol–water partition coefficient (Wildman–Crippen LogP) is 3.40. The molecule has 0 aromatic heterocycles. The molecule has 1 aliphatic heterocycles. The maximum atomic E-state index is 13.3. The molecular weight excluding hydrogens is 520 g/mol. The van der Waals surface area contributed by atoms with Crippen LogP contribution in [0.5, 0.6) is 0 Å². The van der Waals surface area contributed by atoms with E-state index < -0.39 is 27.9 Å². The highest BCUT2D eigenvalue weighted by molar-refractivity contribution is 7.89. The van der Waals surface area contributed by atoms with Crippen LogP contribution in [0.1, 0.15) is 38.2 Å². The van der Waals surface area contributed by atoms with Gasteiger partial charge in [0.2, 0.25) is 10.0 Å². The molecule has 0 amide bonds. The Morgan fingerprint density at radius 1 is 0.974 bits per heavy atom. The molecule has 0 radical (unpaired) electrons.